The summed E-state index contributed by atoms with van der Waals surface area (Å²) in [5.74, 6) is 0.0583. The predicted molar refractivity (Wildman–Crippen MR) is 91.0 cm³/mol. The van der Waals surface area contributed by atoms with Crippen LogP contribution in [0.1, 0.15) is 29.7 Å². The molecule has 1 amide bonds. The van der Waals surface area contributed by atoms with Crippen LogP contribution in [0.4, 0.5) is 11.4 Å². The minimum absolute atomic E-state index is 0.0436. The molecule has 0 aliphatic carbocycles. The molecule has 0 unspecified atom stereocenters. The van der Waals surface area contributed by atoms with Crippen molar-refractivity contribution in [1.82, 2.24) is 0 Å². The van der Waals surface area contributed by atoms with Crippen LogP contribution in [0.2, 0.25) is 0 Å². The summed E-state index contributed by atoms with van der Waals surface area (Å²) in [6, 6.07) is 8.92. The number of fused-ring (bicyclic) bond motifs is 1. The van der Waals surface area contributed by atoms with Gasteiger partial charge in [0, 0.05) is 30.0 Å². The monoisotopic (exact) mass is 330 g/mol. The second-order valence-corrected chi connectivity index (χ2v) is 6.68. The zero-order valence-electron chi connectivity index (χ0n) is 12.7. The Morgan fingerprint density at radius 3 is 2.96 bits per heavy atom. The summed E-state index contributed by atoms with van der Waals surface area (Å²) in [4.78, 5) is 26.1. The number of nitro groups is 1. The lowest BCUT2D eigenvalue weighted by molar-refractivity contribution is -0.384. The van der Waals surface area contributed by atoms with Gasteiger partial charge in [-0.2, -0.15) is 0 Å². The molecule has 0 radical (unpaired) electrons. The van der Waals surface area contributed by atoms with Crippen molar-refractivity contribution in [2.75, 3.05) is 11.4 Å². The predicted octanol–water partition coefficient (Wildman–Crippen LogP) is 3.96. The largest absolute Gasteiger partial charge is 0.312 e. The van der Waals surface area contributed by atoms with Crippen LogP contribution in [0.3, 0.4) is 0 Å². The van der Waals surface area contributed by atoms with Gasteiger partial charge in [-0.25, -0.2) is 0 Å². The molecule has 0 N–H and O–H groups in total. The fourth-order valence-corrected chi connectivity index (χ4v) is 3.69. The molecule has 120 valence electrons. The number of hydrogen-bond acceptors (Lipinski definition) is 4. The maximum absolute atomic E-state index is 12.5. The maximum atomic E-state index is 12.5. The van der Waals surface area contributed by atoms with E-state index in [2.05, 4.69) is 6.07 Å². The van der Waals surface area contributed by atoms with Gasteiger partial charge < -0.3 is 4.90 Å². The maximum Gasteiger partial charge on any atom is 0.271 e. The lowest BCUT2D eigenvalue weighted by Gasteiger charge is -2.29. The Hall–Kier alpha value is -2.21. The van der Waals surface area contributed by atoms with Crippen molar-refractivity contribution in [1.29, 1.82) is 0 Å². The molecule has 1 aliphatic rings. The highest BCUT2D eigenvalue weighted by Crippen LogP contribution is 2.31. The van der Waals surface area contributed by atoms with Crippen LogP contribution < -0.4 is 4.90 Å². The van der Waals surface area contributed by atoms with Crippen LogP contribution in [-0.2, 0) is 17.6 Å². The van der Waals surface area contributed by atoms with E-state index >= 15 is 0 Å². The molecule has 0 bridgehead atoms. The van der Waals surface area contributed by atoms with E-state index in [1.165, 1.54) is 17.0 Å². The normalized spacial score (nSPS) is 13.7. The van der Waals surface area contributed by atoms with Gasteiger partial charge in [-0.05, 0) is 42.7 Å². The molecule has 0 fully saturated rings. The number of nitro benzene ring substituents is 1. The third-order valence-electron chi connectivity index (χ3n) is 4.09. The zero-order chi connectivity index (χ0) is 16.2. The molecular weight excluding hydrogens is 312 g/mol. The molecule has 6 heteroatoms. The molecule has 5 nitrogen and oxygen atoms in total. The summed E-state index contributed by atoms with van der Waals surface area (Å²) in [5.41, 5.74) is 1.78. The highest BCUT2D eigenvalue weighted by molar-refractivity contribution is 7.09. The van der Waals surface area contributed by atoms with Gasteiger partial charge in [-0.3, -0.25) is 14.9 Å². The molecule has 1 aromatic carbocycles. The van der Waals surface area contributed by atoms with Crippen LogP contribution in [0.15, 0.2) is 35.7 Å². The van der Waals surface area contributed by atoms with Crippen molar-refractivity contribution < 1.29 is 9.72 Å². The van der Waals surface area contributed by atoms with Gasteiger partial charge in [-0.15, -0.1) is 11.3 Å². The van der Waals surface area contributed by atoms with Crippen LogP contribution in [-0.4, -0.2) is 17.4 Å². The van der Waals surface area contributed by atoms with Crippen molar-refractivity contribution in [2.45, 2.75) is 32.1 Å². The number of thiophene rings is 1. The van der Waals surface area contributed by atoms with E-state index in [1.807, 2.05) is 11.4 Å². The van der Waals surface area contributed by atoms with Crippen molar-refractivity contribution in [3.05, 3.63) is 56.3 Å². The fraction of sp³-hybridized carbons (Fsp3) is 0.353. The molecule has 3 rings (SSSR count). The second kappa shape index (κ2) is 6.91. The van der Waals surface area contributed by atoms with Crippen molar-refractivity contribution in [3.8, 4) is 0 Å². The number of anilines is 1. The van der Waals surface area contributed by atoms with Gasteiger partial charge in [0.25, 0.3) is 5.69 Å². The van der Waals surface area contributed by atoms with Crippen LogP contribution >= 0.6 is 11.3 Å². The number of aryl methyl sites for hydroxylation is 2. The number of non-ortho nitro benzene ring substituents is 1. The Labute approximate surface area is 138 Å². The summed E-state index contributed by atoms with van der Waals surface area (Å²) in [5, 5.41) is 13.0. The van der Waals surface area contributed by atoms with Crippen LogP contribution in [0.5, 0.6) is 0 Å². The average Bonchev–Trinajstić information content (AvgIpc) is 3.07. The second-order valence-electron chi connectivity index (χ2n) is 5.65. The Morgan fingerprint density at radius 1 is 1.35 bits per heavy atom. The SMILES string of the molecule is O=C(CCCc1cccs1)N1CCCc2ccc([N+](=O)[O-])cc21. The first-order valence-electron chi connectivity index (χ1n) is 7.75. The Morgan fingerprint density at radius 2 is 2.22 bits per heavy atom. The molecule has 0 spiro atoms. The lowest BCUT2D eigenvalue weighted by atomic mass is 10.0. The first-order valence-corrected chi connectivity index (χ1v) is 8.63. The molecule has 23 heavy (non-hydrogen) atoms. The lowest BCUT2D eigenvalue weighted by Crippen LogP contribution is -2.35. The molecule has 0 saturated heterocycles. The van der Waals surface area contributed by atoms with Crippen LogP contribution in [0, 0.1) is 10.1 Å². The summed E-state index contributed by atoms with van der Waals surface area (Å²) in [6.45, 7) is 0.645. The fourth-order valence-electron chi connectivity index (χ4n) is 2.94. The van der Waals surface area contributed by atoms with Gasteiger partial charge in [0.2, 0.25) is 5.91 Å². The van der Waals surface area contributed by atoms with E-state index in [4.69, 9.17) is 0 Å². The topological polar surface area (TPSA) is 63.5 Å². The smallest absolute Gasteiger partial charge is 0.271 e. The van der Waals surface area contributed by atoms with Crippen LogP contribution in [0.25, 0.3) is 0 Å². The molecule has 1 aromatic heterocycles. The van der Waals surface area contributed by atoms with E-state index in [0.717, 1.165) is 31.2 Å². The standard InChI is InChI=1S/C17H18N2O3S/c20-17(7-1-5-15-6-3-11-23-15)18-10-2-4-13-8-9-14(19(21)22)12-16(13)18/h3,6,8-9,11-12H,1-2,4-5,7,10H2. The van der Waals surface area contributed by atoms with Crippen molar-refractivity contribution in [3.63, 3.8) is 0 Å². The Bertz CT molecular complexity index is 713. The number of benzene rings is 1. The van der Waals surface area contributed by atoms with E-state index < -0.39 is 4.92 Å². The first kappa shape index (κ1) is 15.7. The summed E-state index contributed by atoms with van der Waals surface area (Å²) in [7, 11) is 0. The number of amides is 1. The Balaban J connectivity index is 1.69. The summed E-state index contributed by atoms with van der Waals surface area (Å²) in [6.07, 6.45) is 3.95. The number of rotatable bonds is 5. The van der Waals surface area contributed by atoms with Crippen molar-refractivity contribution >= 4 is 28.6 Å². The molecule has 2 aromatic rings. The molecular formula is C17H18N2O3S. The number of carbonyl (C=O) groups is 1. The summed E-state index contributed by atoms with van der Waals surface area (Å²) < 4.78 is 0. The van der Waals surface area contributed by atoms with Gasteiger partial charge >= 0.3 is 0 Å². The van der Waals surface area contributed by atoms with E-state index in [9.17, 15) is 14.9 Å². The third kappa shape index (κ3) is 3.59. The molecule has 0 atom stereocenters. The number of hydrogen-bond donors (Lipinski definition) is 0. The third-order valence-corrected chi connectivity index (χ3v) is 5.03. The molecule has 1 aliphatic heterocycles. The first-order chi connectivity index (χ1) is 11.1. The summed E-state index contributed by atoms with van der Waals surface area (Å²) >= 11 is 1.70. The minimum atomic E-state index is -0.408. The minimum Gasteiger partial charge on any atom is -0.312 e. The zero-order valence-corrected chi connectivity index (χ0v) is 13.6. The van der Waals surface area contributed by atoms with E-state index in [1.54, 1.807) is 22.3 Å². The van der Waals surface area contributed by atoms with Gasteiger partial charge in [0.05, 0.1) is 10.6 Å². The van der Waals surface area contributed by atoms with Gasteiger partial charge in [-0.1, -0.05) is 12.1 Å². The average molecular weight is 330 g/mol. The molecule has 2 heterocycles. The van der Waals surface area contributed by atoms with Gasteiger partial charge in [0.1, 0.15) is 0 Å². The molecule has 0 saturated carbocycles. The van der Waals surface area contributed by atoms with E-state index in [0.29, 0.717) is 18.7 Å². The van der Waals surface area contributed by atoms with E-state index in [-0.39, 0.29) is 11.6 Å². The quantitative estimate of drug-likeness (QED) is 0.616. The van der Waals surface area contributed by atoms with Crippen molar-refractivity contribution in [2.24, 2.45) is 0 Å². The highest BCUT2D eigenvalue weighted by atomic mass is 32.1. The van der Waals surface area contributed by atoms with Gasteiger partial charge in [0.15, 0.2) is 0 Å². The highest BCUT2D eigenvalue weighted by Gasteiger charge is 2.24. The Kier molecular flexibility index (Phi) is 4.71. The number of nitrogens with zero attached hydrogens (tertiary/aromatic N) is 2. The number of carbonyl (C=O) groups excluding carboxylic acids is 1.